The number of rotatable bonds is 4. The average Bonchev–Trinajstić information content (AvgIpc) is 2.15. The number of carbonyl (C=O) groups excluding carboxylic acids is 1. The largest absolute Gasteiger partial charge is 1.00 e. The molecule has 70 valence electrons. The van der Waals surface area contributed by atoms with Crippen molar-refractivity contribution in [1.29, 1.82) is 0 Å². The zero-order chi connectivity index (χ0) is 9.68. The maximum Gasteiger partial charge on any atom is 1.00 e. The molecule has 0 saturated carbocycles. The summed E-state index contributed by atoms with van der Waals surface area (Å²) in [7, 11) is 1.76. The van der Waals surface area contributed by atoms with Crippen LogP contribution in [0.15, 0.2) is 24.3 Å². The van der Waals surface area contributed by atoms with E-state index in [1.54, 1.807) is 19.2 Å². The number of ether oxygens (including phenoxy) is 1. The van der Waals surface area contributed by atoms with Crippen LogP contribution in [0.3, 0.4) is 0 Å². The van der Waals surface area contributed by atoms with Gasteiger partial charge in [0.05, 0.1) is 5.97 Å². The van der Waals surface area contributed by atoms with Gasteiger partial charge in [-0.25, -0.2) is 0 Å². The van der Waals surface area contributed by atoms with Crippen LogP contribution in [0.5, 0.6) is 5.75 Å². The summed E-state index contributed by atoms with van der Waals surface area (Å²) in [5.74, 6) is -0.556. The Hall–Kier alpha value is -0.550. The van der Waals surface area contributed by atoms with Crippen LogP contribution in [0, 0.1) is 0 Å². The Labute approximate surface area is 105 Å². The molecule has 0 saturated heterocycles. The van der Waals surface area contributed by atoms with E-state index >= 15 is 0 Å². The Balaban J connectivity index is 0.00000169. The molecule has 0 unspecified atom stereocenters. The molecule has 0 aromatic heterocycles. The molecule has 0 fully saturated rings. The fraction of sp³-hybridized carbons (Fsp3) is 0.222. The predicted octanol–water partition coefficient (Wildman–Crippen LogP) is -3.39. The van der Waals surface area contributed by atoms with E-state index in [4.69, 9.17) is 4.74 Å². The monoisotopic (exact) mass is 203 g/mol. The second-order valence-electron chi connectivity index (χ2n) is 2.45. The van der Waals surface area contributed by atoms with Gasteiger partial charge in [-0.1, -0.05) is 0 Å². The van der Waals surface area contributed by atoms with Gasteiger partial charge in [0.1, 0.15) is 12.5 Å². The predicted molar refractivity (Wildman–Crippen MR) is 45.3 cm³/mol. The Bertz CT molecular complexity index is 287. The first-order valence-corrected chi connectivity index (χ1v) is 3.83. The van der Waals surface area contributed by atoms with E-state index in [0.29, 0.717) is 12.5 Å². The van der Waals surface area contributed by atoms with Crippen molar-refractivity contribution in [3.63, 3.8) is 0 Å². The average molecular weight is 203 g/mol. The molecule has 0 aliphatic rings. The molecule has 1 aromatic carbocycles. The van der Waals surface area contributed by atoms with Crippen LogP contribution in [0.4, 0.5) is 0 Å². The third-order valence-electron chi connectivity index (χ3n) is 1.47. The first kappa shape index (κ1) is 13.4. The zero-order valence-corrected chi connectivity index (χ0v) is 10.2. The summed E-state index contributed by atoms with van der Waals surface area (Å²) >= 11 is 0. The smallest absolute Gasteiger partial charge is 0.545 e. The normalized spacial score (nSPS) is 8.93. The maximum absolute atomic E-state index is 10.4. The van der Waals surface area contributed by atoms with Crippen LogP contribution in [0.25, 0.3) is 0 Å². The molecule has 0 aliphatic heterocycles. The zero-order valence-electron chi connectivity index (χ0n) is 8.24. The summed E-state index contributed by atoms with van der Waals surface area (Å²) in [5.41, 5.74) is 0.150. The van der Waals surface area contributed by atoms with Crippen molar-refractivity contribution in [1.82, 2.24) is 5.32 Å². The molecular formula is C9H10NNaO3. The van der Waals surface area contributed by atoms with Crippen molar-refractivity contribution in [2.45, 2.75) is 0 Å². The second-order valence-corrected chi connectivity index (χ2v) is 2.45. The van der Waals surface area contributed by atoms with Gasteiger partial charge in [0.25, 0.3) is 0 Å². The van der Waals surface area contributed by atoms with Gasteiger partial charge >= 0.3 is 29.6 Å². The summed E-state index contributed by atoms with van der Waals surface area (Å²) in [6.07, 6.45) is 0. The Morgan fingerprint density at radius 1 is 1.43 bits per heavy atom. The van der Waals surface area contributed by atoms with E-state index in [0.717, 1.165) is 0 Å². The summed E-state index contributed by atoms with van der Waals surface area (Å²) in [6, 6.07) is 6.06. The van der Waals surface area contributed by atoms with Crippen LogP contribution >= 0.6 is 0 Å². The molecule has 14 heavy (non-hydrogen) atoms. The van der Waals surface area contributed by atoms with Gasteiger partial charge < -0.3 is 14.6 Å². The molecule has 0 spiro atoms. The summed E-state index contributed by atoms with van der Waals surface area (Å²) in [4.78, 5) is 10.4. The molecule has 0 bridgehead atoms. The topological polar surface area (TPSA) is 61.4 Å². The Morgan fingerprint density at radius 3 is 2.43 bits per heavy atom. The minimum Gasteiger partial charge on any atom is -0.545 e. The van der Waals surface area contributed by atoms with E-state index in [9.17, 15) is 9.90 Å². The molecule has 0 heterocycles. The fourth-order valence-corrected chi connectivity index (χ4v) is 0.843. The Kier molecular flexibility index (Phi) is 6.57. The number of benzene rings is 1. The Morgan fingerprint density at radius 2 is 2.00 bits per heavy atom. The standard InChI is InChI=1S/C9H11NO3.Na/c1-10-6-13-8-4-2-7(3-5-8)9(11)12;/h2-5,10H,6H2,1H3,(H,11,12);/q;+1/p-1. The molecule has 4 nitrogen and oxygen atoms in total. The van der Waals surface area contributed by atoms with Crippen molar-refractivity contribution in [2.24, 2.45) is 0 Å². The number of carbonyl (C=O) groups is 1. The summed E-state index contributed by atoms with van der Waals surface area (Å²) in [5, 5.41) is 13.2. The quantitative estimate of drug-likeness (QED) is 0.409. The molecule has 0 amide bonds. The van der Waals surface area contributed by atoms with Crippen molar-refractivity contribution in [3.05, 3.63) is 29.8 Å². The number of nitrogens with one attached hydrogen (secondary N) is 1. The minimum atomic E-state index is -1.18. The SMILES string of the molecule is CNCOc1ccc(C(=O)[O-])cc1.[Na+]. The molecule has 5 heteroatoms. The third kappa shape index (κ3) is 4.11. The van der Waals surface area contributed by atoms with Gasteiger partial charge in [-0.05, 0) is 36.9 Å². The van der Waals surface area contributed by atoms with E-state index in [1.165, 1.54) is 12.1 Å². The minimum absolute atomic E-state index is 0. The first-order chi connectivity index (χ1) is 6.24. The van der Waals surface area contributed by atoms with Gasteiger partial charge in [0.2, 0.25) is 0 Å². The van der Waals surface area contributed by atoms with E-state index in [-0.39, 0.29) is 35.1 Å². The number of aromatic carboxylic acids is 1. The molecule has 1 N–H and O–H groups in total. The number of hydrogen-bond acceptors (Lipinski definition) is 4. The van der Waals surface area contributed by atoms with Crippen LogP contribution in [0.1, 0.15) is 10.4 Å². The van der Waals surface area contributed by atoms with E-state index < -0.39 is 5.97 Å². The van der Waals surface area contributed by atoms with Gasteiger partial charge in [-0.2, -0.15) is 0 Å². The van der Waals surface area contributed by atoms with Crippen molar-refractivity contribution in [3.8, 4) is 5.75 Å². The number of carboxylic acid groups (broad SMARTS) is 1. The summed E-state index contributed by atoms with van der Waals surface area (Å²) < 4.78 is 5.17. The van der Waals surface area contributed by atoms with Gasteiger partial charge in [0, 0.05) is 0 Å². The van der Waals surface area contributed by atoms with E-state index in [1.807, 2.05) is 0 Å². The first-order valence-electron chi connectivity index (χ1n) is 3.83. The van der Waals surface area contributed by atoms with Crippen LogP contribution in [0.2, 0.25) is 0 Å². The van der Waals surface area contributed by atoms with Crippen molar-refractivity contribution >= 4 is 5.97 Å². The molecule has 0 radical (unpaired) electrons. The summed E-state index contributed by atoms with van der Waals surface area (Å²) in [6.45, 7) is 0.394. The van der Waals surface area contributed by atoms with Crippen molar-refractivity contribution < 1.29 is 44.2 Å². The molecule has 0 aliphatic carbocycles. The molecule has 1 rings (SSSR count). The second kappa shape index (κ2) is 6.84. The number of carboxylic acids is 1. The van der Waals surface area contributed by atoms with E-state index in [2.05, 4.69) is 5.32 Å². The maximum atomic E-state index is 10.4. The van der Waals surface area contributed by atoms with Crippen LogP contribution in [-0.4, -0.2) is 19.7 Å². The molecular weight excluding hydrogens is 193 g/mol. The van der Waals surface area contributed by atoms with Crippen molar-refractivity contribution in [2.75, 3.05) is 13.8 Å². The fourth-order valence-electron chi connectivity index (χ4n) is 0.843. The number of hydrogen-bond donors (Lipinski definition) is 1. The van der Waals surface area contributed by atoms with Crippen LogP contribution < -0.4 is 44.7 Å². The van der Waals surface area contributed by atoms with Gasteiger partial charge in [-0.3, -0.25) is 5.32 Å². The van der Waals surface area contributed by atoms with Crippen LogP contribution in [-0.2, 0) is 0 Å². The third-order valence-corrected chi connectivity index (χ3v) is 1.47. The van der Waals surface area contributed by atoms with Gasteiger partial charge in [-0.15, -0.1) is 0 Å². The molecule has 1 aromatic rings. The van der Waals surface area contributed by atoms with Gasteiger partial charge in [0.15, 0.2) is 0 Å². The molecule has 0 atom stereocenters.